The Bertz CT molecular complexity index is 909. The van der Waals surface area contributed by atoms with Gasteiger partial charge in [-0.1, -0.05) is 35.2 Å². The summed E-state index contributed by atoms with van der Waals surface area (Å²) in [5.74, 6) is 0.632. The second kappa shape index (κ2) is 9.71. The number of hydrogen-bond acceptors (Lipinski definition) is 9. The Morgan fingerprint density at radius 3 is 2.90 bits per heavy atom. The van der Waals surface area contributed by atoms with Gasteiger partial charge in [0.25, 0.3) is 0 Å². The van der Waals surface area contributed by atoms with Crippen LogP contribution in [0.1, 0.15) is 18.4 Å². The van der Waals surface area contributed by atoms with Crippen molar-refractivity contribution >= 4 is 38.3 Å². The first kappa shape index (κ1) is 21.0. The van der Waals surface area contributed by atoms with Gasteiger partial charge in [-0.25, -0.2) is 8.42 Å². The second-order valence-electron chi connectivity index (χ2n) is 6.84. The van der Waals surface area contributed by atoms with Gasteiger partial charge in [-0.15, -0.1) is 10.2 Å². The predicted octanol–water partition coefficient (Wildman–Crippen LogP) is 2.44. The van der Waals surface area contributed by atoms with Gasteiger partial charge in [-0.05, 0) is 30.5 Å². The third kappa shape index (κ3) is 5.47. The zero-order chi connectivity index (χ0) is 20.1. The summed E-state index contributed by atoms with van der Waals surface area (Å²) in [6.45, 7) is 3.26. The van der Waals surface area contributed by atoms with E-state index in [1.165, 1.54) is 15.6 Å². The topological polar surface area (TPSA) is 93.7 Å². The van der Waals surface area contributed by atoms with Crippen LogP contribution in [0.4, 0.5) is 5.13 Å². The van der Waals surface area contributed by atoms with Crippen LogP contribution in [-0.2, 0) is 25.2 Å². The number of hydrogen-bond donors (Lipinski definition) is 1. The number of nitrogens with one attached hydrogen (secondary N) is 1. The van der Waals surface area contributed by atoms with Crippen molar-refractivity contribution in [3.63, 3.8) is 0 Å². The van der Waals surface area contributed by atoms with E-state index < -0.39 is 10.0 Å². The highest BCUT2D eigenvalue weighted by Crippen LogP contribution is 2.29. The summed E-state index contributed by atoms with van der Waals surface area (Å²) in [6.07, 6.45) is 2.45. The number of aromatic nitrogens is 2. The maximum Gasteiger partial charge on any atom is 0.243 e. The number of rotatable bonds is 8. The zero-order valence-electron chi connectivity index (χ0n) is 16.0. The zero-order valence-corrected chi connectivity index (χ0v) is 18.4. The fourth-order valence-electron chi connectivity index (χ4n) is 3.22. The Hall–Kier alpha value is -1.24. The molecule has 4 rings (SSSR count). The van der Waals surface area contributed by atoms with Crippen molar-refractivity contribution in [3.8, 4) is 0 Å². The number of ether oxygens (including phenoxy) is 2. The van der Waals surface area contributed by atoms with E-state index in [0.717, 1.165) is 41.0 Å². The minimum absolute atomic E-state index is 0.256. The molecule has 2 aliphatic heterocycles. The smallest absolute Gasteiger partial charge is 0.243 e. The average Bonchev–Trinajstić information content (AvgIpc) is 3.43. The van der Waals surface area contributed by atoms with Crippen molar-refractivity contribution in [3.05, 3.63) is 29.8 Å². The minimum Gasteiger partial charge on any atom is -0.379 e. The molecule has 0 radical (unpaired) electrons. The van der Waals surface area contributed by atoms with Gasteiger partial charge in [0.1, 0.15) is 0 Å². The molecule has 0 bridgehead atoms. The fraction of sp³-hybridized carbons (Fsp3) is 0.556. The van der Waals surface area contributed by atoms with Crippen LogP contribution in [0.5, 0.6) is 0 Å². The third-order valence-electron chi connectivity index (χ3n) is 4.78. The molecule has 0 aliphatic carbocycles. The fourth-order valence-corrected chi connectivity index (χ4v) is 6.40. The van der Waals surface area contributed by atoms with E-state index in [2.05, 4.69) is 15.5 Å². The Labute approximate surface area is 179 Å². The largest absolute Gasteiger partial charge is 0.379 e. The summed E-state index contributed by atoms with van der Waals surface area (Å²) in [5.41, 5.74) is 0.938. The molecule has 2 aromatic rings. The van der Waals surface area contributed by atoms with Crippen LogP contribution in [0.3, 0.4) is 0 Å². The first-order valence-corrected chi connectivity index (χ1v) is 12.8. The van der Waals surface area contributed by atoms with Crippen molar-refractivity contribution in [1.82, 2.24) is 14.5 Å². The first-order chi connectivity index (χ1) is 14.1. The number of nitrogens with zero attached hydrogens (tertiary/aromatic N) is 3. The van der Waals surface area contributed by atoms with E-state index >= 15 is 0 Å². The molecule has 29 heavy (non-hydrogen) atoms. The van der Waals surface area contributed by atoms with Crippen molar-refractivity contribution < 1.29 is 17.9 Å². The van der Waals surface area contributed by atoms with E-state index in [1.54, 1.807) is 30.0 Å². The molecule has 0 saturated carbocycles. The van der Waals surface area contributed by atoms with Crippen molar-refractivity contribution in [2.75, 3.05) is 44.8 Å². The maximum absolute atomic E-state index is 12.8. The lowest BCUT2D eigenvalue weighted by atomic mass is 10.2. The molecule has 2 aliphatic rings. The van der Waals surface area contributed by atoms with Crippen molar-refractivity contribution in [1.29, 1.82) is 0 Å². The number of morpholine rings is 1. The summed E-state index contributed by atoms with van der Waals surface area (Å²) < 4.78 is 38.8. The lowest BCUT2D eigenvalue weighted by Gasteiger charge is -2.26. The van der Waals surface area contributed by atoms with Gasteiger partial charge in [0.05, 0.1) is 24.2 Å². The Morgan fingerprint density at radius 2 is 2.10 bits per heavy atom. The molecule has 1 atom stereocenters. The average molecular weight is 457 g/mol. The quantitative estimate of drug-likeness (QED) is 0.606. The Balaban J connectivity index is 1.33. The first-order valence-electron chi connectivity index (χ1n) is 9.60. The minimum atomic E-state index is -3.48. The number of benzene rings is 1. The highest BCUT2D eigenvalue weighted by molar-refractivity contribution is 8.00. The van der Waals surface area contributed by atoms with Crippen LogP contribution < -0.4 is 5.32 Å². The van der Waals surface area contributed by atoms with Gasteiger partial charge in [0.15, 0.2) is 4.34 Å². The molecule has 1 N–H and O–H groups in total. The number of thioether (sulfide) groups is 1. The molecule has 0 unspecified atom stereocenters. The van der Waals surface area contributed by atoms with Crippen LogP contribution in [-0.4, -0.2) is 68.5 Å². The molecular weight excluding hydrogens is 432 g/mol. The lowest BCUT2D eigenvalue weighted by molar-refractivity contribution is 0.0730. The third-order valence-corrected chi connectivity index (χ3v) is 8.76. The van der Waals surface area contributed by atoms with Crippen LogP contribution >= 0.6 is 23.1 Å². The van der Waals surface area contributed by atoms with Gasteiger partial charge in [-0.3, -0.25) is 0 Å². The predicted molar refractivity (Wildman–Crippen MR) is 113 cm³/mol. The molecule has 2 saturated heterocycles. The molecule has 0 spiro atoms. The summed E-state index contributed by atoms with van der Waals surface area (Å²) >= 11 is 3.05. The monoisotopic (exact) mass is 456 g/mol. The molecule has 0 amide bonds. The molecule has 3 heterocycles. The normalized spacial score (nSPS) is 20.8. The molecule has 8 nitrogen and oxygen atoms in total. The Morgan fingerprint density at radius 1 is 1.24 bits per heavy atom. The van der Waals surface area contributed by atoms with Gasteiger partial charge in [0, 0.05) is 32.0 Å². The standard InChI is InChI=1S/C18H24N4O4S3/c23-29(24,22-6-9-25-10-7-22)16-5-1-3-14(11-16)13-27-18-21-20-17(28-18)19-12-15-4-2-8-26-15/h1,3,5,11,15H,2,4,6-10,12-13H2,(H,19,20)/t15-/m0/s1. The lowest BCUT2D eigenvalue weighted by Crippen LogP contribution is -2.40. The van der Waals surface area contributed by atoms with Crippen LogP contribution in [0.15, 0.2) is 33.5 Å². The number of sulfonamides is 1. The molecule has 2 fully saturated rings. The highest BCUT2D eigenvalue weighted by atomic mass is 32.2. The molecule has 1 aromatic carbocycles. The van der Waals surface area contributed by atoms with Gasteiger partial charge < -0.3 is 14.8 Å². The van der Waals surface area contributed by atoms with Gasteiger partial charge in [0.2, 0.25) is 15.2 Å². The van der Waals surface area contributed by atoms with Crippen molar-refractivity contribution in [2.45, 2.75) is 33.9 Å². The molecule has 11 heteroatoms. The van der Waals surface area contributed by atoms with Crippen LogP contribution in [0.2, 0.25) is 0 Å². The second-order valence-corrected chi connectivity index (χ2v) is 11.0. The summed E-state index contributed by atoms with van der Waals surface area (Å²) in [6, 6.07) is 7.12. The van der Waals surface area contributed by atoms with E-state index in [4.69, 9.17) is 9.47 Å². The van der Waals surface area contributed by atoms with Gasteiger partial charge >= 0.3 is 0 Å². The van der Waals surface area contributed by atoms with E-state index in [1.807, 2.05) is 6.07 Å². The Kier molecular flexibility index (Phi) is 7.04. The SMILES string of the molecule is O=S(=O)(c1cccc(CSc2nnc(NC[C@@H]3CCCO3)s2)c1)N1CCOCC1. The summed E-state index contributed by atoms with van der Waals surface area (Å²) in [4.78, 5) is 0.327. The highest BCUT2D eigenvalue weighted by Gasteiger charge is 2.26. The van der Waals surface area contributed by atoms with Gasteiger partial charge in [-0.2, -0.15) is 4.31 Å². The number of anilines is 1. The molecular formula is C18H24N4O4S3. The molecule has 158 valence electrons. The summed E-state index contributed by atoms with van der Waals surface area (Å²) in [7, 11) is -3.48. The van der Waals surface area contributed by atoms with Crippen molar-refractivity contribution in [2.24, 2.45) is 0 Å². The van der Waals surface area contributed by atoms with E-state index in [0.29, 0.717) is 37.0 Å². The maximum atomic E-state index is 12.8. The van der Waals surface area contributed by atoms with Crippen LogP contribution in [0, 0.1) is 0 Å². The van der Waals surface area contributed by atoms with E-state index in [9.17, 15) is 8.42 Å². The molecule has 1 aromatic heterocycles. The van der Waals surface area contributed by atoms with Crippen LogP contribution in [0.25, 0.3) is 0 Å². The van der Waals surface area contributed by atoms with E-state index in [-0.39, 0.29) is 6.10 Å². The summed E-state index contributed by atoms with van der Waals surface area (Å²) in [5, 5.41) is 12.4.